The van der Waals surface area contributed by atoms with Crippen LogP contribution in [0.25, 0.3) is 0 Å². The SMILES string of the molecule is CCNC1CC(C)CC(C)C1N1CCCCCC1C. The Morgan fingerprint density at radius 3 is 2.58 bits per heavy atom. The van der Waals surface area contributed by atoms with Crippen molar-refractivity contribution in [2.75, 3.05) is 13.1 Å². The number of rotatable bonds is 3. The number of nitrogens with zero attached hydrogens (tertiary/aromatic N) is 1. The van der Waals surface area contributed by atoms with E-state index in [4.69, 9.17) is 0 Å². The molecule has 1 aliphatic carbocycles. The summed E-state index contributed by atoms with van der Waals surface area (Å²) in [5, 5.41) is 3.79. The number of hydrogen-bond acceptors (Lipinski definition) is 2. The Bertz CT molecular complexity index is 266. The topological polar surface area (TPSA) is 15.3 Å². The first-order chi connectivity index (χ1) is 9.13. The second-order valence-electron chi connectivity index (χ2n) is 7.14. The summed E-state index contributed by atoms with van der Waals surface area (Å²) in [6.07, 6.45) is 8.45. The Morgan fingerprint density at radius 1 is 1.05 bits per heavy atom. The van der Waals surface area contributed by atoms with Gasteiger partial charge >= 0.3 is 0 Å². The molecule has 0 aromatic carbocycles. The minimum Gasteiger partial charge on any atom is -0.313 e. The summed E-state index contributed by atoms with van der Waals surface area (Å²) < 4.78 is 0. The van der Waals surface area contributed by atoms with Crippen molar-refractivity contribution in [2.24, 2.45) is 11.8 Å². The molecule has 1 heterocycles. The van der Waals surface area contributed by atoms with Gasteiger partial charge in [-0.3, -0.25) is 4.90 Å². The molecule has 1 aliphatic heterocycles. The summed E-state index contributed by atoms with van der Waals surface area (Å²) in [4.78, 5) is 2.86. The average molecular weight is 266 g/mol. The third-order valence-corrected chi connectivity index (χ3v) is 5.38. The van der Waals surface area contributed by atoms with Crippen molar-refractivity contribution in [3.05, 3.63) is 0 Å². The van der Waals surface area contributed by atoms with E-state index in [1.54, 1.807) is 0 Å². The molecule has 0 spiro atoms. The van der Waals surface area contributed by atoms with Crippen molar-refractivity contribution in [1.29, 1.82) is 0 Å². The largest absolute Gasteiger partial charge is 0.313 e. The van der Waals surface area contributed by atoms with E-state index in [-0.39, 0.29) is 0 Å². The molecule has 19 heavy (non-hydrogen) atoms. The van der Waals surface area contributed by atoms with E-state index in [2.05, 4.69) is 37.9 Å². The molecular weight excluding hydrogens is 232 g/mol. The molecule has 0 radical (unpaired) electrons. The number of likely N-dealkylation sites (N-methyl/N-ethyl adjacent to an activating group) is 1. The molecule has 0 aromatic rings. The Labute approximate surface area is 120 Å². The van der Waals surface area contributed by atoms with Gasteiger partial charge in [0.25, 0.3) is 0 Å². The average Bonchev–Trinajstić information content (AvgIpc) is 2.54. The van der Waals surface area contributed by atoms with Crippen LogP contribution in [0.3, 0.4) is 0 Å². The lowest BCUT2D eigenvalue weighted by atomic mass is 9.75. The Balaban J connectivity index is 2.12. The third kappa shape index (κ3) is 3.72. The van der Waals surface area contributed by atoms with Crippen molar-refractivity contribution in [2.45, 2.75) is 84.3 Å². The highest BCUT2D eigenvalue weighted by molar-refractivity contribution is 4.95. The molecule has 0 amide bonds. The van der Waals surface area contributed by atoms with Crippen LogP contribution in [-0.4, -0.2) is 36.1 Å². The van der Waals surface area contributed by atoms with Gasteiger partial charge in [0, 0.05) is 18.1 Å². The smallest absolute Gasteiger partial charge is 0.0277 e. The molecule has 2 aliphatic rings. The molecule has 112 valence electrons. The Hall–Kier alpha value is -0.0800. The fourth-order valence-corrected chi connectivity index (χ4v) is 4.60. The molecule has 2 nitrogen and oxygen atoms in total. The second kappa shape index (κ2) is 7.08. The van der Waals surface area contributed by atoms with Gasteiger partial charge in [-0.2, -0.15) is 0 Å². The highest BCUT2D eigenvalue weighted by Gasteiger charge is 2.38. The van der Waals surface area contributed by atoms with E-state index >= 15 is 0 Å². The molecule has 5 atom stereocenters. The van der Waals surface area contributed by atoms with Crippen LogP contribution < -0.4 is 5.32 Å². The highest BCUT2D eigenvalue weighted by atomic mass is 15.2. The lowest BCUT2D eigenvalue weighted by Crippen LogP contribution is -2.58. The normalized spacial score (nSPS) is 42.0. The van der Waals surface area contributed by atoms with Gasteiger partial charge in [-0.15, -0.1) is 0 Å². The van der Waals surface area contributed by atoms with Crippen LogP contribution in [-0.2, 0) is 0 Å². The van der Waals surface area contributed by atoms with E-state index in [1.807, 2.05) is 0 Å². The summed E-state index contributed by atoms with van der Waals surface area (Å²) in [7, 11) is 0. The molecule has 0 bridgehead atoms. The van der Waals surface area contributed by atoms with Gasteiger partial charge in [-0.1, -0.05) is 33.6 Å². The molecular formula is C17H34N2. The fraction of sp³-hybridized carbons (Fsp3) is 1.00. The maximum Gasteiger partial charge on any atom is 0.0277 e. The van der Waals surface area contributed by atoms with E-state index in [0.717, 1.165) is 30.5 Å². The van der Waals surface area contributed by atoms with Crippen LogP contribution in [0, 0.1) is 11.8 Å². The van der Waals surface area contributed by atoms with Crippen molar-refractivity contribution < 1.29 is 0 Å². The van der Waals surface area contributed by atoms with E-state index in [0.29, 0.717) is 6.04 Å². The van der Waals surface area contributed by atoms with Crippen molar-refractivity contribution in [1.82, 2.24) is 10.2 Å². The summed E-state index contributed by atoms with van der Waals surface area (Å²) in [6, 6.07) is 2.26. The molecule has 2 fully saturated rings. The van der Waals surface area contributed by atoms with Crippen molar-refractivity contribution in [3.63, 3.8) is 0 Å². The van der Waals surface area contributed by atoms with Gasteiger partial charge in [0.05, 0.1) is 0 Å². The number of hydrogen-bond donors (Lipinski definition) is 1. The molecule has 1 saturated heterocycles. The van der Waals surface area contributed by atoms with Crippen LogP contribution in [0.4, 0.5) is 0 Å². The third-order valence-electron chi connectivity index (χ3n) is 5.38. The van der Waals surface area contributed by atoms with Gasteiger partial charge in [0.2, 0.25) is 0 Å². The molecule has 2 rings (SSSR count). The van der Waals surface area contributed by atoms with Gasteiger partial charge in [-0.05, 0) is 57.5 Å². The highest BCUT2D eigenvalue weighted by Crippen LogP contribution is 2.35. The van der Waals surface area contributed by atoms with Crippen LogP contribution in [0.5, 0.6) is 0 Å². The lowest BCUT2D eigenvalue weighted by Gasteiger charge is -2.48. The van der Waals surface area contributed by atoms with Crippen molar-refractivity contribution >= 4 is 0 Å². The zero-order chi connectivity index (χ0) is 13.8. The summed E-state index contributed by atoms with van der Waals surface area (Å²) in [5.41, 5.74) is 0. The van der Waals surface area contributed by atoms with Crippen LogP contribution in [0.15, 0.2) is 0 Å². The summed E-state index contributed by atoms with van der Waals surface area (Å²) in [6.45, 7) is 12.1. The van der Waals surface area contributed by atoms with Gasteiger partial charge < -0.3 is 5.32 Å². The van der Waals surface area contributed by atoms with Gasteiger partial charge in [0.1, 0.15) is 0 Å². The molecule has 1 N–H and O–H groups in total. The number of likely N-dealkylation sites (tertiary alicyclic amines) is 1. The van der Waals surface area contributed by atoms with E-state index in [9.17, 15) is 0 Å². The minimum atomic E-state index is 0.712. The molecule has 5 unspecified atom stereocenters. The van der Waals surface area contributed by atoms with Gasteiger partial charge in [-0.25, -0.2) is 0 Å². The van der Waals surface area contributed by atoms with Crippen LogP contribution in [0.2, 0.25) is 0 Å². The standard InChI is InChI=1S/C17H34N2/c1-5-18-16-12-13(2)11-14(3)17(16)19-10-8-6-7-9-15(19)4/h13-18H,5-12H2,1-4H3. The Kier molecular flexibility index (Phi) is 5.70. The second-order valence-corrected chi connectivity index (χ2v) is 7.14. The minimum absolute atomic E-state index is 0.712. The van der Waals surface area contributed by atoms with Crippen LogP contribution >= 0.6 is 0 Å². The zero-order valence-corrected chi connectivity index (χ0v) is 13.5. The first-order valence-corrected chi connectivity index (χ1v) is 8.62. The predicted octanol–water partition coefficient (Wildman–Crippen LogP) is 3.66. The summed E-state index contributed by atoms with van der Waals surface area (Å²) in [5.74, 6) is 1.73. The van der Waals surface area contributed by atoms with E-state index in [1.165, 1.54) is 45.1 Å². The quantitative estimate of drug-likeness (QED) is 0.838. The number of nitrogens with one attached hydrogen (secondary N) is 1. The maximum atomic E-state index is 3.79. The first-order valence-electron chi connectivity index (χ1n) is 8.62. The van der Waals surface area contributed by atoms with E-state index < -0.39 is 0 Å². The zero-order valence-electron chi connectivity index (χ0n) is 13.5. The van der Waals surface area contributed by atoms with Gasteiger partial charge in [0.15, 0.2) is 0 Å². The first kappa shape index (κ1) is 15.3. The predicted molar refractivity (Wildman–Crippen MR) is 83.5 cm³/mol. The van der Waals surface area contributed by atoms with Crippen molar-refractivity contribution in [3.8, 4) is 0 Å². The Morgan fingerprint density at radius 2 is 1.84 bits per heavy atom. The lowest BCUT2D eigenvalue weighted by molar-refractivity contribution is 0.0373. The fourth-order valence-electron chi connectivity index (χ4n) is 4.60. The molecule has 0 aromatic heterocycles. The monoisotopic (exact) mass is 266 g/mol. The maximum absolute atomic E-state index is 3.79. The molecule has 1 saturated carbocycles. The summed E-state index contributed by atoms with van der Waals surface area (Å²) >= 11 is 0. The van der Waals surface area contributed by atoms with Crippen LogP contribution in [0.1, 0.15) is 66.2 Å². The molecule has 2 heteroatoms.